The number of hydrogen-bond acceptors (Lipinski definition) is 3. The number of aliphatic hydroxyl groups is 1. The van der Waals surface area contributed by atoms with E-state index in [1.807, 2.05) is 32.0 Å². The lowest BCUT2D eigenvalue weighted by Gasteiger charge is -2.24. The van der Waals surface area contributed by atoms with Crippen LogP contribution in [-0.2, 0) is 21.6 Å². The second-order valence-corrected chi connectivity index (χ2v) is 7.64. The molecule has 4 rings (SSSR count). The number of anilines is 2. The third-order valence-corrected chi connectivity index (χ3v) is 5.69. The van der Waals surface area contributed by atoms with Gasteiger partial charge in [-0.3, -0.25) is 14.5 Å². The first-order chi connectivity index (χ1) is 14.9. The molecule has 0 saturated heterocycles. The van der Waals surface area contributed by atoms with Crippen molar-refractivity contribution in [1.82, 2.24) is 0 Å². The van der Waals surface area contributed by atoms with E-state index in [4.69, 9.17) is 0 Å². The maximum absolute atomic E-state index is 13.9. The molecule has 0 bridgehead atoms. The highest BCUT2D eigenvalue weighted by Gasteiger charge is 2.51. The predicted molar refractivity (Wildman–Crippen MR) is 117 cm³/mol. The van der Waals surface area contributed by atoms with E-state index in [-0.39, 0.29) is 18.0 Å². The van der Waals surface area contributed by atoms with Crippen molar-refractivity contribution in [2.24, 2.45) is 0 Å². The van der Waals surface area contributed by atoms with Gasteiger partial charge in [-0.1, -0.05) is 55.5 Å². The number of rotatable bonds is 5. The number of nitrogens with one attached hydrogen (secondary N) is 1. The Hall–Kier alpha value is -3.51. The molecule has 0 spiro atoms. The summed E-state index contributed by atoms with van der Waals surface area (Å²) in [5, 5.41) is 14.3. The normalized spacial score (nSPS) is 17.5. The Kier molecular flexibility index (Phi) is 5.33. The molecule has 1 atom stereocenters. The topological polar surface area (TPSA) is 69.6 Å². The highest BCUT2D eigenvalue weighted by molar-refractivity contribution is 6.12. The van der Waals surface area contributed by atoms with Gasteiger partial charge in [0.2, 0.25) is 5.91 Å². The van der Waals surface area contributed by atoms with Crippen molar-refractivity contribution < 1.29 is 19.1 Å². The summed E-state index contributed by atoms with van der Waals surface area (Å²) in [7, 11) is 0. The van der Waals surface area contributed by atoms with Crippen molar-refractivity contribution in [1.29, 1.82) is 0 Å². The molecule has 31 heavy (non-hydrogen) atoms. The molecule has 0 aromatic heterocycles. The Bertz CT molecular complexity index is 1180. The quantitative estimate of drug-likeness (QED) is 0.660. The van der Waals surface area contributed by atoms with Crippen LogP contribution in [0.2, 0.25) is 0 Å². The van der Waals surface area contributed by atoms with Crippen molar-refractivity contribution in [3.8, 4) is 0 Å². The van der Waals surface area contributed by atoms with Crippen molar-refractivity contribution in [3.05, 3.63) is 94.8 Å². The minimum Gasteiger partial charge on any atom is -0.372 e. The van der Waals surface area contributed by atoms with Crippen LogP contribution in [0.1, 0.15) is 29.2 Å². The number of halogens is 1. The number of carbonyl (C=O) groups is 2. The lowest BCUT2D eigenvalue weighted by molar-refractivity contribution is -0.133. The molecule has 1 heterocycles. The first-order valence-electron chi connectivity index (χ1n) is 10.1. The van der Waals surface area contributed by atoms with E-state index >= 15 is 0 Å². The van der Waals surface area contributed by atoms with E-state index in [1.165, 1.54) is 23.1 Å². The number of nitrogens with zero attached hydrogens (tertiary/aromatic N) is 1. The Balaban J connectivity index is 1.67. The van der Waals surface area contributed by atoms with Crippen LogP contribution in [0.5, 0.6) is 0 Å². The first-order valence-corrected chi connectivity index (χ1v) is 10.1. The first kappa shape index (κ1) is 20.8. The van der Waals surface area contributed by atoms with Gasteiger partial charge in [-0.25, -0.2) is 4.39 Å². The molecule has 0 aliphatic carbocycles. The average molecular weight is 418 g/mol. The van der Waals surface area contributed by atoms with Crippen molar-refractivity contribution in [2.45, 2.75) is 25.9 Å². The van der Waals surface area contributed by atoms with Gasteiger partial charge in [-0.05, 0) is 42.7 Å². The molecular weight excluding hydrogens is 395 g/mol. The molecule has 6 heteroatoms. The summed E-state index contributed by atoms with van der Waals surface area (Å²) >= 11 is 0. The monoisotopic (exact) mass is 418 g/mol. The number of aryl methyl sites for hydroxylation is 2. The molecule has 3 aromatic rings. The minimum atomic E-state index is -2.06. The lowest BCUT2D eigenvalue weighted by Crippen LogP contribution is -2.44. The number of carbonyl (C=O) groups excluding carboxylic acids is 2. The molecular formula is C25H23FN2O3. The summed E-state index contributed by atoms with van der Waals surface area (Å²) in [4.78, 5) is 27.5. The van der Waals surface area contributed by atoms with E-state index in [1.54, 1.807) is 24.3 Å². The fourth-order valence-corrected chi connectivity index (χ4v) is 4.11. The van der Waals surface area contributed by atoms with Crippen molar-refractivity contribution in [2.75, 3.05) is 16.8 Å². The Labute approximate surface area is 180 Å². The van der Waals surface area contributed by atoms with Crippen LogP contribution < -0.4 is 10.2 Å². The van der Waals surface area contributed by atoms with Crippen LogP contribution in [0.15, 0.2) is 66.7 Å². The standard InChI is InChI=1S/C25H23FN2O3/c1-3-17-9-6-8-16(2)23(17)27-22(29)15-28-21-13-5-4-12-20(21)25(31,24(28)30)18-10-7-11-19(26)14-18/h4-14,31H,3,15H2,1-2H3,(H,27,29)/t25-/m0/s1. The number of hydrogen-bond donors (Lipinski definition) is 2. The van der Waals surface area contributed by atoms with Crippen LogP contribution in [0, 0.1) is 12.7 Å². The molecule has 1 aliphatic rings. The van der Waals surface area contributed by atoms with Crippen LogP contribution in [0.4, 0.5) is 15.8 Å². The van der Waals surface area contributed by atoms with E-state index in [9.17, 15) is 19.1 Å². The number of fused-ring (bicyclic) bond motifs is 1. The molecule has 0 radical (unpaired) electrons. The molecule has 0 fully saturated rings. The molecule has 2 N–H and O–H groups in total. The highest BCUT2D eigenvalue weighted by Crippen LogP contribution is 2.44. The zero-order valence-electron chi connectivity index (χ0n) is 17.4. The van der Waals surface area contributed by atoms with Gasteiger partial charge in [0.05, 0.1) is 5.69 Å². The summed E-state index contributed by atoms with van der Waals surface area (Å²) < 4.78 is 13.9. The van der Waals surface area contributed by atoms with Crippen LogP contribution in [0.3, 0.4) is 0 Å². The number of para-hydroxylation sites is 2. The maximum atomic E-state index is 13.9. The van der Waals surface area contributed by atoms with Crippen molar-refractivity contribution in [3.63, 3.8) is 0 Å². The highest BCUT2D eigenvalue weighted by atomic mass is 19.1. The Morgan fingerprint density at radius 2 is 1.84 bits per heavy atom. The summed E-state index contributed by atoms with van der Waals surface area (Å²) in [6.07, 6.45) is 0.752. The van der Waals surface area contributed by atoms with Gasteiger partial charge < -0.3 is 10.4 Å². The molecule has 0 unspecified atom stereocenters. The van der Waals surface area contributed by atoms with E-state index < -0.39 is 17.3 Å². The van der Waals surface area contributed by atoms with Gasteiger partial charge in [-0.15, -0.1) is 0 Å². The average Bonchev–Trinajstić information content (AvgIpc) is 2.98. The van der Waals surface area contributed by atoms with E-state index in [2.05, 4.69) is 5.32 Å². The Morgan fingerprint density at radius 3 is 2.58 bits per heavy atom. The fourth-order valence-electron chi connectivity index (χ4n) is 4.11. The van der Waals surface area contributed by atoms with Crippen LogP contribution in [0.25, 0.3) is 0 Å². The van der Waals surface area contributed by atoms with Crippen molar-refractivity contribution >= 4 is 23.2 Å². The molecule has 1 aliphatic heterocycles. The van der Waals surface area contributed by atoms with E-state index in [0.717, 1.165) is 29.3 Å². The summed E-state index contributed by atoms with van der Waals surface area (Å²) in [5.74, 6) is -1.62. The van der Waals surface area contributed by atoms with Gasteiger partial charge in [0.15, 0.2) is 5.60 Å². The molecule has 2 amide bonds. The third-order valence-electron chi connectivity index (χ3n) is 5.69. The smallest absolute Gasteiger partial charge is 0.268 e. The summed E-state index contributed by atoms with van der Waals surface area (Å²) in [6.45, 7) is 3.64. The minimum absolute atomic E-state index is 0.125. The van der Waals surface area contributed by atoms with Crippen LogP contribution in [-0.4, -0.2) is 23.5 Å². The maximum Gasteiger partial charge on any atom is 0.268 e. The zero-order chi connectivity index (χ0) is 22.2. The second kappa shape index (κ2) is 7.96. The predicted octanol–water partition coefficient (Wildman–Crippen LogP) is 3.92. The zero-order valence-corrected chi connectivity index (χ0v) is 17.4. The fraction of sp³-hybridized carbons (Fsp3) is 0.200. The molecule has 5 nitrogen and oxygen atoms in total. The SMILES string of the molecule is CCc1cccc(C)c1NC(=O)CN1C(=O)[C@](O)(c2cccc(F)c2)c2ccccc21. The van der Waals surface area contributed by atoms with Gasteiger partial charge in [-0.2, -0.15) is 0 Å². The third kappa shape index (κ3) is 3.49. The number of amides is 2. The number of benzene rings is 3. The van der Waals surface area contributed by atoms with Gasteiger partial charge >= 0.3 is 0 Å². The summed E-state index contributed by atoms with van der Waals surface area (Å²) in [6, 6.07) is 17.8. The second-order valence-electron chi connectivity index (χ2n) is 7.64. The molecule has 0 saturated carbocycles. The largest absolute Gasteiger partial charge is 0.372 e. The van der Waals surface area contributed by atoms with Gasteiger partial charge in [0, 0.05) is 16.8 Å². The van der Waals surface area contributed by atoms with E-state index in [0.29, 0.717) is 11.3 Å². The van der Waals surface area contributed by atoms with Gasteiger partial charge in [0.25, 0.3) is 5.91 Å². The lowest BCUT2D eigenvalue weighted by atomic mass is 9.87. The Morgan fingerprint density at radius 1 is 1.10 bits per heavy atom. The molecule has 3 aromatic carbocycles. The summed E-state index contributed by atoms with van der Waals surface area (Å²) in [5.41, 5.74) is 1.47. The van der Waals surface area contributed by atoms with Gasteiger partial charge in [0.1, 0.15) is 12.4 Å². The van der Waals surface area contributed by atoms with Crippen LogP contribution >= 0.6 is 0 Å². The molecule has 158 valence electrons.